The molecule has 1 N–H and O–H groups in total. The van der Waals surface area contributed by atoms with Crippen LogP contribution in [0, 0.1) is 6.92 Å². The van der Waals surface area contributed by atoms with Gasteiger partial charge in [0.1, 0.15) is 12.6 Å². The number of anilines is 1. The summed E-state index contributed by atoms with van der Waals surface area (Å²) in [4.78, 5) is 28.7. The van der Waals surface area contributed by atoms with E-state index in [4.69, 9.17) is 11.6 Å². The minimum absolute atomic E-state index is 0.0511. The van der Waals surface area contributed by atoms with Gasteiger partial charge in [0.2, 0.25) is 11.8 Å². The van der Waals surface area contributed by atoms with Crippen LogP contribution in [0.4, 0.5) is 5.69 Å². The molecule has 0 radical (unpaired) electrons. The van der Waals surface area contributed by atoms with Gasteiger partial charge in [-0.1, -0.05) is 73.1 Å². The van der Waals surface area contributed by atoms with Gasteiger partial charge >= 0.3 is 0 Å². The third-order valence-corrected chi connectivity index (χ3v) is 8.25. The highest BCUT2D eigenvalue weighted by atomic mass is 35.5. The predicted octanol–water partition coefficient (Wildman–Crippen LogP) is 5.18. The maximum absolute atomic E-state index is 14.0. The molecule has 3 rings (SSSR count). The standard InChI is InChI=1S/C29H34ClN3O4S/c1-5-26(29(35)31-21(2)3)32(19-23-14-10-11-17-25(23)30)28(34)20-33(27-18-12-9-13-22(27)4)38(36,37)24-15-7-6-8-16-24/h6-18,21,26H,5,19-20H2,1-4H3,(H,31,35)/t26-/m0/s1. The average Bonchev–Trinajstić information content (AvgIpc) is 2.88. The van der Waals surface area contributed by atoms with E-state index in [2.05, 4.69) is 5.32 Å². The minimum atomic E-state index is -4.10. The Morgan fingerprint density at radius 1 is 0.921 bits per heavy atom. The number of benzene rings is 3. The van der Waals surface area contributed by atoms with Crippen LogP contribution in [0.25, 0.3) is 0 Å². The van der Waals surface area contributed by atoms with Gasteiger partial charge in [-0.05, 0) is 62.6 Å². The summed E-state index contributed by atoms with van der Waals surface area (Å²) >= 11 is 6.42. The molecule has 0 saturated carbocycles. The molecule has 0 unspecified atom stereocenters. The van der Waals surface area contributed by atoms with Crippen LogP contribution >= 0.6 is 11.6 Å². The molecule has 3 aromatic rings. The Balaban J connectivity index is 2.08. The van der Waals surface area contributed by atoms with Crippen molar-refractivity contribution in [2.24, 2.45) is 0 Å². The van der Waals surface area contributed by atoms with E-state index in [9.17, 15) is 18.0 Å². The highest BCUT2D eigenvalue weighted by molar-refractivity contribution is 7.92. The van der Waals surface area contributed by atoms with Crippen molar-refractivity contribution >= 4 is 39.1 Å². The summed E-state index contributed by atoms with van der Waals surface area (Å²) in [5, 5.41) is 3.34. The number of nitrogens with one attached hydrogen (secondary N) is 1. The zero-order valence-corrected chi connectivity index (χ0v) is 23.7. The number of carbonyl (C=O) groups excluding carboxylic acids is 2. The van der Waals surface area contributed by atoms with Crippen LogP contribution in [0.2, 0.25) is 5.02 Å². The van der Waals surface area contributed by atoms with Gasteiger partial charge < -0.3 is 10.2 Å². The van der Waals surface area contributed by atoms with Crippen LogP contribution in [0.5, 0.6) is 0 Å². The fraction of sp³-hybridized carbons (Fsp3) is 0.310. The first-order valence-electron chi connectivity index (χ1n) is 12.5. The van der Waals surface area contributed by atoms with Crippen LogP contribution in [0.3, 0.4) is 0 Å². The summed E-state index contributed by atoms with van der Waals surface area (Å²) in [6, 6.07) is 21.1. The topological polar surface area (TPSA) is 86.8 Å². The quantitative estimate of drug-likeness (QED) is 0.353. The molecule has 9 heteroatoms. The summed E-state index contributed by atoms with van der Waals surface area (Å²) in [7, 11) is -4.10. The number of para-hydroxylation sites is 1. The molecular weight excluding hydrogens is 522 g/mol. The van der Waals surface area contributed by atoms with Gasteiger partial charge in [0.25, 0.3) is 10.0 Å². The lowest BCUT2D eigenvalue weighted by atomic mass is 10.1. The SMILES string of the molecule is CC[C@@H](C(=O)NC(C)C)N(Cc1ccccc1Cl)C(=O)CN(c1ccccc1C)S(=O)(=O)c1ccccc1. The van der Waals surface area contributed by atoms with E-state index in [1.165, 1.54) is 17.0 Å². The second-order valence-corrected chi connectivity index (χ2v) is 11.6. The van der Waals surface area contributed by atoms with Gasteiger partial charge in [-0.25, -0.2) is 8.42 Å². The molecule has 0 bridgehead atoms. The first kappa shape index (κ1) is 29.2. The van der Waals surface area contributed by atoms with Crippen LogP contribution in [0.1, 0.15) is 38.3 Å². The molecule has 38 heavy (non-hydrogen) atoms. The summed E-state index contributed by atoms with van der Waals surface area (Å²) in [5.74, 6) is -0.824. The van der Waals surface area contributed by atoms with E-state index in [0.29, 0.717) is 28.3 Å². The largest absolute Gasteiger partial charge is 0.352 e. The summed E-state index contributed by atoms with van der Waals surface area (Å²) < 4.78 is 28.8. The van der Waals surface area contributed by atoms with Crippen molar-refractivity contribution in [1.29, 1.82) is 0 Å². The fourth-order valence-electron chi connectivity index (χ4n) is 4.19. The first-order valence-corrected chi connectivity index (χ1v) is 14.3. The molecule has 0 aliphatic carbocycles. The average molecular weight is 556 g/mol. The van der Waals surface area contributed by atoms with Crippen LogP contribution in [-0.4, -0.2) is 43.8 Å². The summed E-state index contributed by atoms with van der Waals surface area (Å²) in [6.45, 7) is 6.86. The molecule has 202 valence electrons. The molecule has 0 spiro atoms. The second-order valence-electron chi connectivity index (χ2n) is 9.31. The van der Waals surface area contributed by atoms with Crippen LogP contribution in [-0.2, 0) is 26.2 Å². The first-order chi connectivity index (χ1) is 18.1. The maximum atomic E-state index is 14.0. The highest BCUT2D eigenvalue weighted by Gasteiger charge is 2.34. The van der Waals surface area contributed by atoms with Crippen molar-refractivity contribution in [1.82, 2.24) is 10.2 Å². The molecule has 0 aromatic heterocycles. The number of amides is 2. The molecule has 1 atom stereocenters. The van der Waals surface area contributed by atoms with Crippen molar-refractivity contribution < 1.29 is 18.0 Å². The lowest BCUT2D eigenvalue weighted by Gasteiger charge is -2.34. The second kappa shape index (κ2) is 12.9. The minimum Gasteiger partial charge on any atom is -0.352 e. The maximum Gasteiger partial charge on any atom is 0.264 e. The molecule has 0 aliphatic heterocycles. The number of hydrogen-bond acceptors (Lipinski definition) is 4. The molecule has 0 saturated heterocycles. The third-order valence-electron chi connectivity index (χ3n) is 6.11. The van der Waals surface area contributed by atoms with Crippen LogP contribution < -0.4 is 9.62 Å². The molecule has 0 fully saturated rings. The van der Waals surface area contributed by atoms with Gasteiger partial charge in [-0.2, -0.15) is 0 Å². The number of rotatable bonds is 11. The number of hydrogen-bond donors (Lipinski definition) is 1. The van der Waals surface area contributed by atoms with E-state index >= 15 is 0 Å². The van der Waals surface area contributed by atoms with Gasteiger partial charge in [0, 0.05) is 17.6 Å². The van der Waals surface area contributed by atoms with Gasteiger partial charge in [0.15, 0.2) is 0 Å². The van der Waals surface area contributed by atoms with Gasteiger partial charge in [0.05, 0.1) is 10.6 Å². The number of halogens is 1. The zero-order valence-electron chi connectivity index (χ0n) is 22.1. The lowest BCUT2D eigenvalue weighted by Crippen LogP contribution is -2.53. The summed E-state index contributed by atoms with van der Waals surface area (Å²) in [6.07, 6.45) is 0.338. The Morgan fingerprint density at radius 3 is 2.13 bits per heavy atom. The Kier molecular flexibility index (Phi) is 9.94. The molecule has 0 aliphatic rings. The van der Waals surface area contributed by atoms with Crippen molar-refractivity contribution in [3.8, 4) is 0 Å². The molecule has 3 aromatic carbocycles. The Hall–Kier alpha value is -3.36. The van der Waals surface area contributed by atoms with Gasteiger partial charge in [-0.3, -0.25) is 13.9 Å². The number of nitrogens with zero attached hydrogens (tertiary/aromatic N) is 2. The van der Waals surface area contributed by atoms with Crippen molar-refractivity contribution in [2.45, 2.75) is 57.6 Å². The van der Waals surface area contributed by atoms with Crippen molar-refractivity contribution in [3.05, 3.63) is 95.0 Å². The third kappa shape index (κ3) is 6.94. The molecule has 0 heterocycles. The van der Waals surface area contributed by atoms with Crippen molar-refractivity contribution in [3.63, 3.8) is 0 Å². The molecular formula is C29H34ClN3O4S. The number of sulfonamides is 1. The Bertz CT molecular complexity index is 1360. The predicted molar refractivity (Wildman–Crippen MR) is 152 cm³/mol. The van der Waals surface area contributed by atoms with E-state index < -0.39 is 28.5 Å². The Morgan fingerprint density at radius 2 is 1.53 bits per heavy atom. The van der Waals surface area contributed by atoms with E-state index in [1.807, 2.05) is 20.8 Å². The fourth-order valence-corrected chi connectivity index (χ4v) is 5.88. The van der Waals surface area contributed by atoms with E-state index in [-0.39, 0.29) is 23.4 Å². The zero-order chi connectivity index (χ0) is 27.9. The van der Waals surface area contributed by atoms with Crippen molar-refractivity contribution in [2.75, 3.05) is 10.8 Å². The lowest BCUT2D eigenvalue weighted by molar-refractivity contribution is -0.140. The van der Waals surface area contributed by atoms with E-state index in [0.717, 1.165) is 4.31 Å². The van der Waals surface area contributed by atoms with Crippen LogP contribution in [0.15, 0.2) is 83.8 Å². The number of aryl methyl sites for hydroxylation is 1. The normalized spacial score (nSPS) is 12.2. The molecule has 7 nitrogen and oxygen atoms in total. The Labute approximate surface area is 230 Å². The van der Waals surface area contributed by atoms with Gasteiger partial charge in [-0.15, -0.1) is 0 Å². The number of carbonyl (C=O) groups is 2. The smallest absolute Gasteiger partial charge is 0.264 e. The summed E-state index contributed by atoms with van der Waals surface area (Å²) in [5.41, 5.74) is 1.75. The monoisotopic (exact) mass is 555 g/mol. The highest BCUT2D eigenvalue weighted by Crippen LogP contribution is 2.28. The van der Waals surface area contributed by atoms with E-state index in [1.54, 1.807) is 73.7 Å². The molecule has 2 amide bonds.